The number of nitrogens with one attached hydrogen (secondary N) is 2. The molecule has 4 rings (SSSR count). The lowest BCUT2D eigenvalue weighted by Gasteiger charge is -2.15. The van der Waals surface area contributed by atoms with Gasteiger partial charge in [-0.15, -0.1) is 0 Å². The Kier molecular flexibility index (Phi) is 6.60. The van der Waals surface area contributed by atoms with Crippen LogP contribution in [0.15, 0.2) is 53.5 Å². The van der Waals surface area contributed by atoms with Crippen molar-refractivity contribution < 1.29 is 13.2 Å². The first-order valence-electron chi connectivity index (χ1n) is 10.2. The maximum Gasteiger partial charge on any atom is 0.251 e. The Bertz CT molecular complexity index is 1110. The molecule has 31 heavy (non-hydrogen) atoms. The molecule has 3 atom stereocenters. The average Bonchev–Trinajstić information content (AvgIpc) is 3.21. The van der Waals surface area contributed by atoms with Gasteiger partial charge < -0.3 is 10.6 Å². The van der Waals surface area contributed by atoms with Gasteiger partial charge in [0.25, 0.3) is 5.91 Å². The third-order valence-corrected chi connectivity index (χ3v) is 8.85. The third kappa shape index (κ3) is 5.61. The maximum atomic E-state index is 12.7. The number of fused-ring (bicyclic) bond motifs is 1. The highest BCUT2D eigenvalue weighted by molar-refractivity contribution is 8.15. The van der Waals surface area contributed by atoms with E-state index in [9.17, 15) is 13.2 Å². The molecular weight excluding hydrogens is 454 g/mol. The van der Waals surface area contributed by atoms with Crippen LogP contribution in [0.2, 0.25) is 5.02 Å². The second-order valence-corrected chi connectivity index (χ2v) is 11.7. The first-order valence-corrected chi connectivity index (χ1v) is 13.2. The predicted octanol–water partition coefficient (Wildman–Crippen LogP) is 3.77. The molecule has 6 nitrogen and oxygen atoms in total. The van der Waals surface area contributed by atoms with Crippen LogP contribution >= 0.6 is 23.4 Å². The van der Waals surface area contributed by atoms with Crippen LogP contribution in [0.1, 0.15) is 29.3 Å². The third-order valence-electron chi connectivity index (χ3n) is 5.37. The first-order chi connectivity index (χ1) is 14.8. The fraction of sp³-hybridized carbons (Fsp3) is 0.364. The molecule has 2 aliphatic heterocycles. The van der Waals surface area contributed by atoms with E-state index in [1.54, 1.807) is 18.2 Å². The van der Waals surface area contributed by atoms with Gasteiger partial charge in [-0.2, -0.15) is 0 Å². The minimum absolute atomic E-state index is 0.0240. The van der Waals surface area contributed by atoms with Crippen LogP contribution in [-0.2, 0) is 16.3 Å². The summed E-state index contributed by atoms with van der Waals surface area (Å²) in [4.78, 5) is 17.2. The number of aryl methyl sites for hydroxylation is 1. The van der Waals surface area contributed by atoms with Gasteiger partial charge in [-0.25, -0.2) is 8.42 Å². The van der Waals surface area contributed by atoms with E-state index in [4.69, 9.17) is 11.6 Å². The Labute approximate surface area is 191 Å². The normalized spacial score (nSPS) is 22.5. The molecule has 1 fully saturated rings. The summed E-state index contributed by atoms with van der Waals surface area (Å²) in [6.07, 6.45) is 1.73. The molecule has 2 heterocycles. The lowest BCUT2D eigenvalue weighted by atomic mass is 10.1. The number of anilines is 1. The van der Waals surface area contributed by atoms with Crippen LogP contribution in [0, 0.1) is 0 Å². The standard InChI is InChI=1S/C22H24ClN3O3S2/c1-14(7-8-15-5-3-2-4-6-15)24-21(27)16-9-10-17(23)18(11-16)25-22-26-19-12-31(28,29)13-20(19)30-22/h2-6,9-11,14,19-20H,7-8,12-13H2,1H3,(H,24,27)(H,25,26)/t14-,19+,20+/m1/s1. The van der Waals surface area contributed by atoms with Crippen molar-refractivity contribution in [3.63, 3.8) is 0 Å². The van der Waals surface area contributed by atoms with Crippen LogP contribution in [0.25, 0.3) is 0 Å². The number of hydrogen-bond donors (Lipinski definition) is 2. The van der Waals surface area contributed by atoms with Crippen LogP contribution in [0.4, 0.5) is 5.69 Å². The Morgan fingerprint density at radius 2 is 2.00 bits per heavy atom. The van der Waals surface area contributed by atoms with Gasteiger partial charge in [0.2, 0.25) is 0 Å². The first kappa shape index (κ1) is 22.2. The summed E-state index contributed by atoms with van der Waals surface area (Å²) in [5, 5.41) is 7.26. The van der Waals surface area contributed by atoms with Crippen molar-refractivity contribution in [3.05, 3.63) is 64.7 Å². The molecule has 0 unspecified atom stereocenters. The molecule has 0 bridgehead atoms. The van der Waals surface area contributed by atoms with Gasteiger partial charge in [0.05, 0.1) is 28.3 Å². The number of rotatable bonds is 6. The Hall–Kier alpha value is -2.03. The molecule has 0 aliphatic carbocycles. The molecule has 2 aromatic rings. The van der Waals surface area contributed by atoms with Crippen LogP contribution in [0.3, 0.4) is 0 Å². The zero-order valence-corrected chi connectivity index (χ0v) is 19.4. The maximum absolute atomic E-state index is 12.7. The van der Waals surface area contributed by atoms with Crippen molar-refractivity contribution in [1.82, 2.24) is 5.32 Å². The Morgan fingerprint density at radius 3 is 2.74 bits per heavy atom. The van der Waals surface area contributed by atoms with Gasteiger partial charge in [0, 0.05) is 16.9 Å². The van der Waals surface area contributed by atoms with Crippen molar-refractivity contribution in [3.8, 4) is 0 Å². The van der Waals surface area contributed by atoms with E-state index in [2.05, 4.69) is 27.8 Å². The second kappa shape index (κ2) is 9.22. The number of hydrogen-bond acceptors (Lipinski definition) is 6. The quantitative estimate of drug-likeness (QED) is 0.661. The van der Waals surface area contributed by atoms with Gasteiger partial charge in [0.1, 0.15) is 0 Å². The summed E-state index contributed by atoms with van der Waals surface area (Å²) in [6, 6.07) is 15.1. The molecular formula is C22H24ClN3O3S2. The van der Waals surface area contributed by atoms with Crippen molar-refractivity contribution in [1.29, 1.82) is 0 Å². The number of halogens is 1. The molecule has 9 heteroatoms. The second-order valence-electron chi connectivity index (χ2n) is 7.95. The highest BCUT2D eigenvalue weighted by Gasteiger charge is 2.42. The molecule has 164 valence electrons. The molecule has 1 saturated heterocycles. The van der Waals surface area contributed by atoms with Crippen molar-refractivity contribution in [2.24, 2.45) is 4.99 Å². The van der Waals surface area contributed by atoms with Crippen molar-refractivity contribution in [2.45, 2.75) is 37.1 Å². The average molecular weight is 478 g/mol. The van der Waals surface area contributed by atoms with E-state index in [0.717, 1.165) is 12.8 Å². The molecule has 1 amide bonds. The van der Waals surface area contributed by atoms with E-state index in [1.807, 2.05) is 25.1 Å². The van der Waals surface area contributed by atoms with Crippen molar-refractivity contribution in [2.75, 3.05) is 16.8 Å². The van der Waals surface area contributed by atoms with E-state index in [0.29, 0.717) is 21.4 Å². The Balaban J connectivity index is 1.36. The van der Waals surface area contributed by atoms with E-state index < -0.39 is 9.84 Å². The largest absolute Gasteiger partial charge is 0.350 e. The number of sulfone groups is 1. The lowest BCUT2D eigenvalue weighted by Crippen LogP contribution is -2.33. The van der Waals surface area contributed by atoms with Crippen molar-refractivity contribution >= 4 is 50.0 Å². The molecule has 2 aromatic carbocycles. The van der Waals surface area contributed by atoms with Crippen LogP contribution < -0.4 is 10.6 Å². The minimum Gasteiger partial charge on any atom is -0.350 e. The zero-order valence-electron chi connectivity index (χ0n) is 17.0. The summed E-state index contributed by atoms with van der Waals surface area (Å²) in [5.74, 6) is 0.0743. The summed E-state index contributed by atoms with van der Waals surface area (Å²) in [7, 11) is -3.00. The summed E-state index contributed by atoms with van der Waals surface area (Å²) in [5.41, 5.74) is 2.33. The number of benzene rings is 2. The molecule has 0 aromatic heterocycles. The zero-order chi connectivity index (χ0) is 22.0. The van der Waals surface area contributed by atoms with Crippen LogP contribution in [0.5, 0.6) is 0 Å². The number of carbonyl (C=O) groups is 1. The van der Waals surface area contributed by atoms with Gasteiger partial charge in [-0.3, -0.25) is 9.79 Å². The SMILES string of the molecule is C[C@H](CCc1ccccc1)NC(=O)c1ccc(Cl)c(NC2=N[C@H]3CS(=O)(=O)C[C@@H]3S2)c1. The summed E-state index contributed by atoms with van der Waals surface area (Å²) < 4.78 is 23.5. The van der Waals surface area contributed by atoms with E-state index >= 15 is 0 Å². The van der Waals surface area contributed by atoms with Gasteiger partial charge >= 0.3 is 0 Å². The van der Waals surface area contributed by atoms with Gasteiger partial charge in [0.15, 0.2) is 15.0 Å². The van der Waals surface area contributed by atoms with E-state index in [-0.39, 0.29) is 34.7 Å². The molecule has 0 saturated carbocycles. The van der Waals surface area contributed by atoms with Crippen LogP contribution in [-0.4, -0.2) is 48.3 Å². The van der Waals surface area contributed by atoms with E-state index in [1.165, 1.54) is 17.3 Å². The monoisotopic (exact) mass is 477 g/mol. The number of nitrogens with zero attached hydrogens (tertiary/aromatic N) is 1. The highest BCUT2D eigenvalue weighted by atomic mass is 35.5. The molecule has 0 radical (unpaired) electrons. The number of carbonyl (C=O) groups excluding carboxylic acids is 1. The molecule has 2 N–H and O–H groups in total. The summed E-state index contributed by atoms with van der Waals surface area (Å²) >= 11 is 7.73. The Morgan fingerprint density at radius 1 is 1.23 bits per heavy atom. The number of amidine groups is 1. The smallest absolute Gasteiger partial charge is 0.251 e. The summed E-state index contributed by atoms with van der Waals surface area (Å²) in [6.45, 7) is 1.99. The number of amides is 1. The lowest BCUT2D eigenvalue weighted by molar-refractivity contribution is 0.0938. The predicted molar refractivity (Wildman–Crippen MR) is 128 cm³/mol. The number of thioether (sulfide) groups is 1. The fourth-order valence-electron chi connectivity index (χ4n) is 3.70. The number of aliphatic imine (C=N–C) groups is 1. The van der Waals surface area contributed by atoms with Gasteiger partial charge in [-0.1, -0.05) is 53.7 Å². The molecule has 0 spiro atoms. The highest BCUT2D eigenvalue weighted by Crippen LogP contribution is 2.35. The van der Waals surface area contributed by atoms with Gasteiger partial charge in [-0.05, 0) is 43.5 Å². The minimum atomic E-state index is -3.00. The molecule has 2 aliphatic rings. The fourth-order valence-corrected chi connectivity index (χ4v) is 7.53. The topological polar surface area (TPSA) is 87.6 Å².